The Morgan fingerprint density at radius 1 is 1.17 bits per heavy atom. The monoisotopic (exact) mass is 473 g/mol. The maximum Gasteiger partial charge on any atom is 0.269 e. The molecule has 0 aliphatic carbocycles. The second kappa shape index (κ2) is 6.51. The molecule has 24 heavy (non-hydrogen) atoms. The van der Waals surface area contributed by atoms with Gasteiger partial charge in [0, 0.05) is 26.1 Å². The predicted octanol–water partition coefficient (Wildman–Crippen LogP) is 3.90. The SMILES string of the molecule is COc1ccc(S(=O)(=O)n2cc(CO)c3cc(Br)ccc32)c(Br)c1. The van der Waals surface area contributed by atoms with Crippen LogP contribution in [-0.4, -0.2) is 24.6 Å². The van der Waals surface area contributed by atoms with Gasteiger partial charge in [0.25, 0.3) is 10.0 Å². The first-order valence-corrected chi connectivity index (χ1v) is 9.90. The van der Waals surface area contributed by atoms with Crippen LogP contribution in [0.25, 0.3) is 10.9 Å². The van der Waals surface area contributed by atoms with Crippen LogP contribution in [0.1, 0.15) is 5.56 Å². The van der Waals surface area contributed by atoms with Gasteiger partial charge in [0.1, 0.15) is 10.6 Å². The van der Waals surface area contributed by atoms with Crippen molar-refractivity contribution in [1.29, 1.82) is 0 Å². The molecule has 0 saturated heterocycles. The smallest absolute Gasteiger partial charge is 0.269 e. The van der Waals surface area contributed by atoms with E-state index in [-0.39, 0.29) is 11.5 Å². The van der Waals surface area contributed by atoms with Crippen molar-refractivity contribution in [2.75, 3.05) is 7.11 Å². The number of hydrogen-bond donors (Lipinski definition) is 1. The maximum absolute atomic E-state index is 13.1. The lowest BCUT2D eigenvalue weighted by molar-refractivity contribution is 0.283. The fourth-order valence-electron chi connectivity index (χ4n) is 2.49. The average molecular weight is 475 g/mol. The highest BCUT2D eigenvalue weighted by Gasteiger charge is 2.23. The van der Waals surface area contributed by atoms with Crippen molar-refractivity contribution >= 4 is 52.8 Å². The number of benzene rings is 2. The summed E-state index contributed by atoms with van der Waals surface area (Å²) in [5.41, 5.74) is 1.05. The van der Waals surface area contributed by atoms with Gasteiger partial charge in [-0.3, -0.25) is 0 Å². The Bertz CT molecular complexity index is 1030. The molecule has 1 heterocycles. The van der Waals surface area contributed by atoms with Crippen molar-refractivity contribution < 1.29 is 18.3 Å². The summed E-state index contributed by atoms with van der Waals surface area (Å²) in [4.78, 5) is 0.118. The van der Waals surface area contributed by atoms with Crippen LogP contribution in [0, 0.1) is 0 Å². The quantitative estimate of drug-likeness (QED) is 0.622. The van der Waals surface area contributed by atoms with Crippen LogP contribution in [0.15, 0.2) is 56.4 Å². The van der Waals surface area contributed by atoms with Crippen LogP contribution in [0.5, 0.6) is 5.75 Å². The number of hydrogen-bond acceptors (Lipinski definition) is 4. The number of aromatic nitrogens is 1. The Labute approximate surface area is 156 Å². The minimum absolute atomic E-state index is 0.118. The third kappa shape index (κ3) is 2.88. The van der Waals surface area contributed by atoms with E-state index in [2.05, 4.69) is 31.9 Å². The molecule has 0 bridgehead atoms. The van der Waals surface area contributed by atoms with E-state index in [4.69, 9.17) is 4.74 Å². The van der Waals surface area contributed by atoms with Gasteiger partial charge in [-0.15, -0.1) is 0 Å². The number of aliphatic hydroxyl groups excluding tert-OH is 1. The summed E-state index contributed by atoms with van der Waals surface area (Å²) in [7, 11) is -2.32. The summed E-state index contributed by atoms with van der Waals surface area (Å²) in [6.07, 6.45) is 1.45. The van der Waals surface area contributed by atoms with Gasteiger partial charge >= 0.3 is 0 Å². The number of ether oxygens (including phenoxy) is 1. The van der Waals surface area contributed by atoms with Crippen molar-refractivity contribution in [2.24, 2.45) is 0 Å². The largest absolute Gasteiger partial charge is 0.497 e. The van der Waals surface area contributed by atoms with Crippen LogP contribution in [-0.2, 0) is 16.6 Å². The summed E-state index contributed by atoms with van der Waals surface area (Å²) in [6, 6.07) is 9.93. The number of halogens is 2. The summed E-state index contributed by atoms with van der Waals surface area (Å²) in [5.74, 6) is 0.554. The van der Waals surface area contributed by atoms with Crippen LogP contribution in [0.4, 0.5) is 0 Å². The number of nitrogens with zero attached hydrogens (tertiary/aromatic N) is 1. The molecule has 0 saturated carbocycles. The molecule has 0 amide bonds. The summed E-state index contributed by atoms with van der Waals surface area (Å²) >= 11 is 6.66. The van der Waals surface area contributed by atoms with Crippen molar-refractivity contribution in [2.45, 2.75) is 11.5 Å². The molecule has 5 nitrogen and oxygen atoms in total. The van der Waals surface area contributed by atoms with Gasteiger partial charge in [-0.2, -0.15) is 0 Å². The van der Waals surface area contributed by atoms with Crippen LogP contribution < -0.4 is 4.74 Å². The Kier molecular flexibility index (Phi) is 4.74. The average Bonchev–Trinajstić information content (AvgIpc) is 2.92. The van der Waals surface area contributed by atoms with Crippen molar-refractivity contribution in [3.63, 3.8) is 0 Å². The molecule has 0 spiro atoms. The molecule has 0 fully saturated rings. The third-order valence-corrected chi connectivity index (χ3v) is 6.80. The van der Waals surface area contributed by atoms with Crippen LogP contribution >= 0.6 is 31.9 Å². The highest BCUT2D eigenvalue weighted by atomic mass is 79.9. The lowest BCUT2D eigenvalue weighted by Crippen LogP contribution is -2.12. The van der Waals surface area contributed by atoms with Crippen molar-refractivity contribution in [1.82, 2.24) is 3.97 Å². The number of methoxy groups -OCH3 is 1. The first-order valence-electron chi connectivity index (χ1n) is 6.88. The highest BCUT2D eigenvalue weighted by Crippen LogP contribution is 2.32. The zero-order valence-corrected chi connectivity index (χ0v) is 16.5. The molecule has 0 aliphatic heterocycles. The summed E-state index contributed by atoms with van der Waals surface area (Å²) in [5, 5.41) is 10.2. The summed E-state index contributed by atoms with van der Waals surface area (Å²) in [6.45, 7) is -0.251. The van der Waals surface area contributed by atoms with E-state index >= 15 is 0 Å². The van der Waals surface area contributed by atoms with Gasteiger partial charge in [-0.1, -0.05) is 15.9 Å². The minimum atomic E-state index is -3.84. The standard InChI is InChI=1S/C16H13Br2NO4S/c1-23-12-3-5-16(14(18)7-12)24(21,22)19-8-10(9-20)13-6-11(17)2-4-15(13)19/h2-8,20H,9H2,1H3. The predicted molar refractivity (Wildman–Crippen MR) is 98.8 cm³/mol. The molecule has 3 aromatic rings. The highest BCUT2D eigenvalue weighted by molar-refractivity contribution is 9.10. The molecular formula is C16H13Br2NO4S. The van der Waals surface area contributed by atoms with Gasteiger partial charge in [-0.25, -0.2) is 12.4 Å². The number of rotatable bonds is 4. The fraction of sp³-hybridized carbons (Fsp3) is 0.125. The molecule has 0 unspecified atom stereocenters. The van der Waals surface area contributed by atoms with Crippen molar-refractivity contribution in [3.8, 4) is 5.75 Å². The molecule has 3 rings (SSSR count). The maximum atomic E-state index is 13.1. The summed E-state index contributed by atoms with van der Waals surface area (Å²) < 4.78 is 33.7. The molecule has 0 aliphatic rings. The lowest BCUT2D eigenvalue weighted by Gasteiger charge is -2.10. The van der Waals surface area contributed by atoms with Gasteiger partial charge in [0.2, 0.25) is 0 Å². The topological polar surface area (TPSA) is 68.5 Å². The van der Waals surface area contributed by atoms with E-state index in [1.807, 2.05) is 0 Å². The minimum Gasteiger partial charge on any atom is -0.497 e. The molecule has 2 aromatic carbocycles. The van der Waals surface area contributed by atoms with Crippen molar-refractivity contribution in [3.05, 3.63) is 57.1 Å². The molecule has 1 N–H and O–H groups in total. The van der Waals surface area contributed by atoms with E-state index in [1.165, 1.54) is 23.3 Å². The first kappa shape index (κ1) is 17.5. The van der Waals surface area contributed by atoms with E-state index in [0.717, 1.165) is 4.47 Å². The zero-order chi connectivity index (χ0) is 17.5. The van der Waals surface area contributed by atoms with Crippen LogP contribution in [0.3, 0.4) is 0 Å². The van der Waals surface area contributed by atoms with Crippen LogP contribution in [0.2, 0.25) is 0 Å². The Balaban J connectivity index is 2.26. The Hall–Kier alpha value is -1.35. The van der Waals surface area contributed by atoms with Gasteiger partial charge in [0.05, 0.1) is 19.2 Å². The lowest BCUT2D eigenvalue weighted by atomic mass is 10.2. The fourth-order valence-corrected chi connectivity index (χ4v) is 5.26. The third-order valence-electron chi connectivity index (χ3n) is 3.66. The molecular weight excluding hydrogens is 462 g/mol. The van der Waals surface area contributed by atoms with Gasteiger partial charge < -0.3 is 9.84 Å². The number of aliphatic hydroxyl groups is 1. The molecule has 0 radical (unpaired) electrons. The molecule has 1 aromatic heterocycles. The Morgan fingerprint density at radius 2 is 1.92 bits per heavy atom. The van der Waals surface area contributed by atoms with E-state index in [9.17, 15) is 13.5 Å². The molecule has 8 heteroatoms. The number of fused-ring (bicyclic) bond motifs is 1. The van der Waals surface area contributed by atoms with E-state index in [0.29, 0.717) is 26.7 Å². The van der Waals surface area contributed by atoms with Gasteiger partial charge in [0.15, 0.2) is 0 Å². The molecule has 0 atom stereocenters. The first-order chi connectivity index (χ1) is 11.4. The Morgan fingerprint density at radius 3 is 2.54 bits per heavy atom. The second-order valence-electron chi connectivity index (χ2n) is 5.07. The normalized spacial score (nSPS) is 11.8. The molecule has 126 valence electrons. The zero-order valence-electron chi connectivity index (χ0n) is 12.5. The second-order valence-corrected chi connectivity index (χ2v) is 8.62. The van der Waals surface area contributed by atoms with E-state index < -0.39 is 10.0 Å². The van der Waals surface area contributed by atoms with E-state index in [1.54, 1.807) is 30.3 Å². The van der Waals surface area contributed by atoms with Gasteiger partial charge in [-0.05, 0) is 52.3 Å².